The van der Waals surface area contributed by atoms with Crippen LogP contribution in [0.15, 0.2) is 78.7 Å². The molecule has 1 aromatic heterocycles. The highest BCUT2D eigenvalue weighted by Gasteiger charge is 2.31. The van der Waals surface area contributed by atoms with E-state index >= 15 is 0 Å². The normalized spacial score (nSPS) is 18.2. The minimum absolute atomic E-state index is 0.545. The lowest BCUT2D eigenvalue weighted by molar-refractivity contribution is 0.0985. The molecule has 1 fully saturated rings. The van der Waals surface area contributed by atoms with Crippen LogP contribution < -0.4 is 5.32 Å². The number of anilines is 1. The van der Waals surface area contributed by atoms with Crippen molar-refractivity contribution < 1.29 is 0 Å². The number of piperazine rings is 1. The Hall–Kier alpha value is -2.99. The SMILES string of the molecule is C=CCNc1nc(-c2ccc(CCN3CCN(C4Cc5cccc6cccc4c56)CC3)cc2)cs1. The number of aromatic nitrogens is 1. The minimum Gasteiger partial charge on any atom is -0.358 e. The van der Waals surface area contributed by atoms with Crippen LogP contribution in [-0.2, 0) is 12.8 Å². The average molecular weight is 481 g/mol. The summed E-state index contributed by atoms with van der Waals surface area (Å²) in [7, 11) is 0. The van der Waals surface area contributed by atoms with Gasteiger partial charge in [0.2, 0.25) is 0 Å². The van der Waals surface area contributed by atoms with E-state index in [1.807, 2.05) is 6.08 Å². The summed E-state index contributed by atoms with van der Waals surface area (Å²) in [4.78, 5) is 10.0. The first-order valence-electron chi connectivity index (χ1n) is 12.6. The molecule has 0 spiro atoms. The van der Waals surface area contributed by atoms with Gasteiger partial charge in [0, 0.05) is 56.3 Å². The van der Waals surface area contributed by atoms with Crippen LogP contribution in [0.25, 0.3) is 22.0 Å². The van der Waals surface area contributed by atoms with Crippen LogP contribution in [0.5, 0.6) is 0 Å². The molecule has 0 amide bonds. The molecule has 178 valence electrons. The Balaban J connectivity index is 1.02. The maximum Gasteiger partial charge on any atom is 0.183 e. The molecule has 1 atom stereocenters. The van der Waals surface area contributed by atoms with Gasteiger partial charge in [0.15, 0.2) is 5.13 Å². The molecule has 2 heterocycles. The van der Waals surface area contributed by atoms with Gasteiger partial charge in [-0.05, 0) is 40.3 Å². The van der Waals surface area contributed by atoms with Crippen molar-refractivity contribution in [2.45, 2.75) is 18.9 Å². The third-order valence-corrected chi connectivity index (χ3v) is 8.31. The number of hydrogen-bond acceptors (Lipinski definition) is 5. The molecule has 3 aromatic carbocycles. The van der Waals surface area contributed by atoms with Gasteiger partial charge in [-0.25, -0.2) is 4.98 Å². The molecule has 1 aliphatic heterocycles. The fourth-order valence-corrected chi connectivity index (χ4v) is 6.35. The third kappa shape index (κ3) is 4.64. The smallest absolute Gasteiger partial charge is 0.183 e. The van der Waals surface area contributed by atoms with Crippen LogP contribution in [0.4, 0.5) is 5.13 Å². The van der Waals surface area contributed by atoms with Crippen LogP contribution >= 0.6 is 11.3 Å². The van der Waals surface area contributed by atoms with Crippen LogP contribution in [0.2, 0.25) is 0 Å². The van der Waals surface area contributed by atoms with E-state index in [0.29, 0.717) is 6.04 Å². The van der Waals surface area contributed by atoms with E-state index in [4.69, 9.17) is 0 Å². The second kappa shape index (κ2) is 9.94. The topological polar surface area (TPSA) is 31.4 Å². The Kier molecular flexibility index (Phi) is 6.38. The first kappa shape index (κ1) is 22.5. The summed E-state index contributed by atoms with van der Waals surface area (Å²) in [6.07, 6.45) is 4.11. The van der Waals surface area contributed by atoms with Gasteiger partial charge < -0.3 is 10.2 Å². The Morgan fingerprint density at radius 3 is 2.60 bits per heavy atom. The minimum atomic E-state index is 0.545. The lowest BCUT2D eigenvalue weighted by Crippen LogP contribution is -2.48. The Morgan fingerprint density at radius 1 is 1.00 bits per heavy atom. The van der Waals surface area contributed by atoms with Gasteiger partial charge in [-0.15, -0.1) is 17.9 Å². The van der Waals surface area contributed by atoms with Crippen molar-refractivity contribution in [1.29, 1.82) is 0 Å². The molecule has 4 aromatic rings. The highest BCUT2D eigenvalue weighted by atomic mass is 32.1. The standard InChI is InChI=1S/C30H32N4S/c1-2-14-31-30-32-27(21-35-30)23-11-9-22(10-12-23)13-15-33-16-18-34(19-17-33)28-20-25-7-3-5-24-6-4-8-26(28)29(24)25/h2-12,21,28H,1,13-20H2,(H,31,32). The molecular formula is C30H32N4S. The third-order valence-electron chi connectivity index (χ3n) is 7.51. The number of benzene rings is 3. The van der Waals surface area contributed by atoms with Crippen molar-refractivity contribution in [3.05, 3.63) is 95.4 Å². The maximum atomic E-state index is 4.68. The predicted octanol–water partition coefficient (Wildman–Crippen LogP) is 6.02. The molecule has 1 N–H and O–H groups in total. The highest BCUT2D eigenvalue weighted by molar-refractivity contribution is 7.14. The maximum absolute atomic E-state index is 4.68. The Labute approximate surface area is 211 Å². The fourth-order valence-electron chi connectivity index (χ4n) is 5.62. The van der Waals surface area contributed by atoms with E-state index in [0.717, 1.165) is 62.9 Å². The van der Waals surface area contributed by atoms with E-state index in [2.05, 4.69) is 92.7 Å². The molecule has 4 nitrogen and oxygen atoms in total. The number of nitrogens with zero attached hydrogens (tertiary/aromatic N) is 3. The van der Waals surface area contributed by atoms with E-state index in [1.165, 1.54) is 33.0 Å². The van der Waals surface area contributed by atoms with E-state index in [1.54, 1.807) is 11.3 Å². The molecule has 0 saturated carbocycles. The van der Waals surface area contributed by atoms with Gasteiger partial charge in [-0.1, -0.05) is 66.7 Å². The van der Waals surface area contributed by atoms with Crippen molar-refractivity contribution in [2.24, 2.45) is 0 Å². The van der Waals surface area contributed by atoms with E-state index in [9.17, 15) is 0 Å². The molecule has 35 heavy (non-hydrogen) atoms. The summed E-state index contributed by atoms with van der Waals surface area (Å²) in [5, 5.41) is 9.23. The Bertz CT molecular complexity index is 1310. The van der Waals surface area contributed by atoms with Crippen molar-refractivity contribution in [3.8, 4) is 11.3 Å². The molecule has 1 unspecified atom stereocenters. The molecule has 5 heteroatoms. The molecule has 1 saturated heterocycles. The van der Waals surface area contributed by atoms with Crippen LogP contribution in [0, 0.1) is 0 Å². The molecule has 2 aliphatic rings. The number of thiazole rings is 1. The highest BCUT2D eigenvalue weighted by Crippen LogP contribution is 2.40. The average Bonchev–Trinajstić information content (AvgIpc) is 3.54. The van der Waals surface area contributed by atoms with Crippen molar-refractivity contribution >= 4 is 27.2 Å². The predicted molar refractivity (Wildman–Crippen MR) is 148 cm³/mol. The fraction of sp³-hybridized carbons (Fsp3) is 0.300. The lowest BCUT2D eigenvalue weighted by atomic mass is 10.0. The van der Waals surface area contributed by atoms with Crippen LogP contribution in [0.3, 0.4) is 0 Å². The van der Waals surface area contributed by atoms with Gasteiger partial charge in [0.1, 0.15) is 0 Å². The monoisotopic (exact) mass is 480 g/mol. The van der Waals surface area contributed by atoms with Crippen molar-refractivity contribution in [2.75, 3.05) is 44.6 Å². The molecule has 0 bridgehead atoms. The quantitative estimate of drug-likeness (QED) is 0.313. The largest absolute Gasteiger partial charge is 0.358 e. The van der Waals surface area contributed by atoms with Crippen molar-refractivity contribution in [1.82, 2.24) is 14.8 Å². The summed E-state index contributed by atoms with van der Waals surface area (Å²) in [6.45, 7) is 10.2. The number of nitrogens with one attached hydrogen (secondary N) is 1. The first-order valence-corrected chi connectivity index (χ1v) is 13.5. The molecule has 6 rings (SSSR count). The molecule has 0 radical (unpaired) electrons. The van der Waals surface area contributed by atoms with Gasteiger partial charge in [0.05, 0.1) is 5.69 Å². The summed E-state index contributed by atoms with van der Waals surface area (Å²) >= 11 is 1.64. The summed E-state index contributed by atoms with van der Waals surface area (Å²) < 4.78 is 0. The zero-order chi connectivity index (χ0) is 23.6. The number of hydrogen-bond donors (Lipinski definition) is 1. The summed E-state index contributed by atoms with van der Waals surface area (Å²) in [5.74, 6) is 0. The summed E-state index contributed by atoms with van der Waals surface area (Å²) in [5.41, 5.74) is 6.67. The molecule has 1 aliphatic carbocycles. The van der Waals surface area contributed by atoms with E-state index < -0.39 is 0 Å². The van der Waals surface area contributed by atoms with Gasteiger partial charge >= 0.3 is 0 Å². The summed E-state index contributed by atoms with van der Waals surface area (Å²) in [6, 6.07) is 23.1. The first-order chi connectivity index (χ1) is 17.3. The Morgan fingerprint density at radius 2 is 1.80 bits per heavy atom. The second-order valence-electron chi connectivity index (χ2n) is 9.61. The zero-order valence-electron chi connectivity index (χ0n) is 20.1. The molecular weight excluding hydrogens is 448 g/mol. The van der Waals surface area contributed by atoms with Gasteiger partial charge in [-0.3, -0.25) is 4.90 Å². The second-order valence-corrected chi connectivity index (χ2v) is 10.5. The van der Waals surface area contributed by atoms with Crippen molar-refractivity contribution in [3.63, 3.8) is 0 Å². The zero-order valence-corrected chi connectivity index (χ0v) is 20.9. The van der Waals surface area contributed by atoms with Crippen LogP contribution in [-0.4, -0.2) is 54.1 Å². The lowest BCUT2D eigenvalue weighted by Gasteiger charge is -2.38. The van der Waals surface area contributed by atoms with E-state index in [-0.39, 0.29) is 0 Å². The van der Waals surface area contributed by atoms with Crippen LogP contribution in [0.1, 0.15) is 22.7 Å². The van der Waals surface area contributed by atoms with Gasteiger partial charge in [0.25, 0.3) is 0 Å². The number of rotatable bonds is 8. The van der Waals surface area contributed by atoms with Gasteiger partial charge in [-0.2, -0.15) is 0 Å².